The van der Waals surface area contributed by atoms with E-state index in [0.29, 0.717) is 0 Å². The number of halogens is 4. The van der Waals surface area contributed by atoms with Crippen molar-refractivity contribution in [3.8, 4) is 0 Å². The summed E-state index contributed by atoms with van der Waals surface area (Å²) in [6.45, 7) is 0. The fourth-order valence-corrected chi connectivity index (χ4v) is 1.57. The molecule has 2 nitrogen and oxygen atoms in total. The first-order chi connectivity index (χ1) is 8.34. The predicted octanol–water partition coefficient (Wildman–Crippen LogP) is 3.02. The number of carbonyl (C=O) groups is 1. The summed E-state index contributed by atoms with van der Waals surface area (Å²) < 4.78 is 50.2. The van der Waals surface area contributed by atoms with E-state index in [2.05, 4.69) is 0 Å². The summed E-state index contributed by atoms with van der Waals surface area (Å²) >= 11 is 0. The first-order valence-corrected chi connectivity index (χ1v) is 5.28. The number of benzene rings is 1. The van der Waals surface area contributed by atoms with Crippen LogP contribution in [0.5, 0.6) is 0 Å². The van der Waals surface area contributed by atoms with E-state index in [1.165, 1.54) is 12.1 Å². The SMILES string of the molecule is O=CC[C@H](CC(O)c1ccc(F)cc1)C(F)(F)F. The van der Waals surface area contributed by atoms with Gasteiger partial charge in [-0.1, -0.05) is 12.1 Å². The Hall–Kier alpha value is -1.43. The van der Waals surface area contributed by atoms with Crippen molar-refractivity contribution in [3.05, 3.63) is 35.6 Å². The lowest BCUT2D eigenvalue weighted by atomic mass is 9.94. The van der Waals surface area contributed by atoms with Crippen molar-refractivity contribution < 1.29 is 27.5 Å². The van der Waals surface area contributed by atoms with Gasteiger partial charge in [0.25, 0.3) is 0 Å². The molecule has 0 aliphatic rings. The molecule has 0 saturated heterocycles. The molecule has 2 atom stereocenters. The van der Waals surface area contributed by atoms with Gasteiger partial charge in [0.1, 0.15) is 12.1 Å². The van der Waals surface area contributed by atoms with Gasteiger partial charge in [0.15, 0.2) is 0 Å². The van der Waals surface area contributed by atoms with Gasteiger partial charge in [-0.15, -0.1) is 0 Å². The van der Waals surface area contributed by atoms with Crippen molar-refractivity contribution in [3.63, 3.8) is 0 Å². The summed E-state index contributed by atoms with van der Waals surface area (Å²) in [5.74, 6) is -2.43. The van der Waals surface area contributed by atoms with E-state index in [9.17, 15) is 27.5 Å². The van der Waals surface area contributed by atoms with E-state index in [-0.39, 0.29) is 11.8 Å². The normalized spacial score (nSPS) is 15.2. The maximum absolute atomic E-state index is 12.6. The quantitative estimate of drug-likeness (QED) is 0.655. The summed E-state index contributed by atoms with van der Waals surface area (Å²) in [5.41, 5.74) is 0.191. The molecule has 0 aliphatic heterocycles. The number of hydrogen-bond acceptors (Lipinski definition) is 2. The maximum Gasteiger partial charge on any atom is 0.392 e. The molecular formula is C12H12F4O2. The molecule has 0 aromatic heterocycles. The maximum atomic E-state index is 12.6. The monoisotopic (exact) mass is 264 g/mol. The Balaban J connectivity index is 2.75. The van der Waals surface area contributed by atoms with Crippen molar-refractivity contribution in [2.24, 2.45) is 5.92 Å². The van der Waals surface area contributed by atoms with E-state index in [1.54, 1.807) is 0 Å². The highest BCUT2D eigenvalue weighted by atomic mass is 19.4. The minimum absolute atomic E-state index is 0.176. The molecule has 100 valence electrons. The van der Waals surface area contributed by atoms with Crippen LogP contribution < -0.4 is 0 Å². The summed E-state index contributed by atoms with van der Waals surface area (Å²) in [6.07, 6.45) is -7.05. The summed E-state index contributed by atoms with van der Waals surface area (Å²) in [6, 6.07) is 4.55. The molecule has 0 fully saturated rings. The van der Waals surface area contributed by atoms with Crippen LogP contribution in [0.3, 0.4) is 0 Å². The lowest BCUT2D eigenvalue weighted by Gasteiger charge is -2.21. The van der Waals surface area contributed by atoms with E-state index >= 15 is 0 Å². The van der Waals surface area contributed by atoms with Crippen molar-refractivity contribution >= 4 is 6.29 Å². The van der Waals surface area contributed by atoms with Gasteiger partial charge in [-0.05, 0) is 24.1 Å². The number of aliphatic hydroxyl groups is 1. The number of alkyl halides is 3. The topological polar surface area (TPSA) is 37.3 Å². The van der Waals surface area contributed by atoms with Crippen LogP contribution in [-0.2, 0) is 4.79 Å². The molecule has 1 N–H and O–H groups in total. The van der Waals surface area contributed by atoms with Crippen LogP contribution in [0.15, 0.2) is 24.3 Å². The molecule has 0 spiro atoms. The van der Waals surface area contributed by atoms with Gasteiger partial charge in [-0.3, -0.25) is 0 Å². The van der Waals surface area contributed by atoms with Crippen LogP contribution in [0, 0.1) is 11.7 Å². The molecule has 0 saturated carbocycles. The lowest BCUT2D eigenvalue weighted by molar-refractivity contribution is -0.183. The Bertz CT molecular complexity index is 386. The smallest absolute Gasteiger partial charge is 0.388 e. The van der Waals surface area contributed by atoms with E-state index < -0.39 is 36.9 Å². The molecule has 0 aliphatic carbocycles. The third-order valence-electron chi connectivity index (χ3n) is 2.61. The fraction of sp³-hybridized carbons (Fsp3) is 0.417. The molecule has 1 unspecified atom stereocenters. The Labute approximate surface area is 101 Å². The van der Waals surface area contributed by atoms with Crippen LogP contribution in [0.1, 0.15) is 24.5 Å². The van der Waals surface area contributed by atoms with Gasteiger partial charge in [-0.2, -0.15) is 13.2 Å². The minimum atomic E-state index is -4.54. The van der Waals surface area contributed by atoms with Gasteiger partial charge in [0.2, 0.25) is 0 Å². The highest BCUT2D eigenvalue weighted by molar-refractivity contribution is 5.49. The third kappa shape index (κ3) is 4.10. The van der Waals surface area contributed by atoms with Crippen LogP contribution in [-0.4, -0.2) is 17.6 Å². The Morgan fingerprint density at radius 3 is 2.22 bits per heavy atom. The van der Waals surface area contributed by atoms with Gasteiger partial charge in [0, 0.05) is 6.42 Å². The van der Waals surface area contributed by atoms with E-state index in [4.69, 9.17) is 0 Å². The summed E-state index contributed by atoms with van der Waals surface area (Å²) in [4.78, 5) is 10.2. The molecule has 0 bridgehead atoms. The Morgan fingerprint density at radius 1 is 1.22 bits per heavy atom. The molecular weight excluding hydrogens is 252 g/mol. The minimum Gasteiger partial charge on any atom is -0.388 e. The van der Waals surface area contributed by atoms with Gasteiger partial charge < -0.3 is 9.90 Å². The molecule has 0 radical (unpaired) electrons. The van der Waals surface area contributed by atoms with Crippen LogP contribution >= 0.6 is 0 Å². The number of hydrogen-bond donors (Lipinski definition) is 1. The van der Waals surface area contributed by atoms with E-state index in [0.717, 1.165) is 12.1 Å². The zero-order valence-corrected chi connectivity index (χ0v) is 9.32. The van der Waals surface area contributed by atoms with Crippen molar-refractivity contribution in [2.75, 3.05) is 0 Å². The molecule has 6 heteroatoms. The highest BCUT2D eigenvalue weighted by Crippen LogP contribution is 2.35. The van der Waals surface area contributed by atoms with Gasteiger partial charge in [0.05, 0.1) is 12.0 Å². The summed E-state index contributed by atoms with van der Waals surface area (Å²) in [7, 11) is 0. The van der Waals surface area contributed by atoms with Crippen molar-refractivity contribution in [1.82, 2.24) is 0 Å². The third-order valence-corrected chi connectivity index (χ3v) is 2.61. The molecule has 0 heterocycles. The average molecular weight is 264 g/mol. The standard InChI is InChI=1S/C12H12F4O2/c13-10-3-1-8(2-4-10)11(18)7-9(5-6-17)12(14,15)16/h1-4,6,9,11,18H,5,7H2/t9-,11?/m1/s1. The highest BCUT2D eigenvalue weighted by Gasteiger charge is 2.40. The zero-order valence-electron chi connectivity index (χ0n) is 9.32. The Kier molecular flexibility index (Phi) is 4.84. The van der Waals surface area contributed by atoms with Crippen LogP contribution in [0.25, 0.3) is 0 Å². The van der Waals surface area contributed by atoms with E-state index in [1.807, 2.05) is 0 Å². The number of aldehydes is 1. The number of aliphatic hydroxyl groups excluding tert-OH is 1. The van der Waals surface area contributed by atoms with Crippen LogP contribution in [0.4, 0.5) is 17.6 Å². The fourth-order valence-electron chi connectivity index (χ4n) is 1.57. The van der Waals surface area contributed by atoms with Crippen LogP contribution in [0.2, 0.25) is 0 Å². The second-order valence-corrected chi connectivity index (χ2v) is 3.94. The second-order valence-electron chi connectivity index (χ2n) is 3.94. The lowest BCUT2D eigenvalue weighted by Crippen LogP contribution is -2.25. The van der Waals surface area contributed by atoms with Crippen molar-refractivity contribution in [1.29, 1.82) is 0 Å². The molecule has 1 aromatic rings. The van der Waals surface area contributed by atoms with Gasteiger partial charge in [-0.25, -0.2) is 4.39 Å². The second kappa shape index (κ2) is 5.95. The van der Waals surface area contributed by atoms with Gasteiger partial charge >= 0.3 is 6.18 Å². The predicted molar refractivity (Wildman–Crippen MR) is 56.2 cm³/mol. The molecule has 0 amide bonds. The van der Waals surface area contributed by atoms with Crippen molar-refractivity contribution in [2.45, 2.75) is 25.1 Å². The average Bonchev–Trinajstić information content (AvgIpc) is 2.28. The Morgan fingerprint density at radius 2 is 1.78 bits per heavy atom. The molecule has 18 heavy (non-hydrogen) atoms. The zero-order chi connectivity index (χ0) is 13.8. The number of rotatable bonds is 5. The number of carbonyl (C=O) groups excluding carboxylic acids is 1. The largest absolute Gasteiger partial charge is 0.392 e. The first-order valence-electron chi connectivity index (χ1n) is 5.28. The summed E-state index contributed by atoms with van der Waals surface area (Å²) in [5, 5.41) is 9.63. The first kappa shape index (κ1) is 14.6. The molecule has 1 aromatic carbocycles. The molecule has 1 rings (SSSR count).